The Morgan fingerprint density at radius 1 is 1.64 bits per heavy atom. The summed E-state index contributed by atoms with van der Waals surface area (Å²) < 4.78 is 43.2. The van der Waals surface area contributed by atoms with E-state index in [0.29, 0.717) is 24.0 Å². The molecule has 124 valence electrons. The first kappa shape index (κ1) is 17.6. The zero-order valence-corrected chi connectivity index (χ0v) is 14.4. The number of rotatable bonds is 7. The van der Waals surface area contributed by atoms with E-state index in [2.05, 4.69) is 30.5 Å². The molecular formula is C13H18BrFN3O3S-. The van der Waals surface area contributed by atoms with Crippen LogP contribution in [0.3, 0.4) is 0 Å². The fraction of sp³-hybridized carbons (Fsp3) is 0.615. The van der Waals surface area contributed by atoms with Crippen molar-refractivity contribution in [3.63, 3.8) is 0 Å². The fourth-order valence-electron chi connectivity index (χ4n) is 2.36. The highest BCUT2D eigenvalue weighted by molar-refractivity contribution is 9.10. The van der Waals surface area contributed by atoms with Crippen molar-refractivity contribution in [2.75, 3.05) is 31.0 Å². The summed E-state index contributed by atoms with van der Waals surface area (Å²) in [6.45, 7) is 2.55. The van der Waals surface area contributed by atoms with Crippen LogP contribution >= 0.6 is 15.9 Å². The van der Waals surface area contributed by atoms with Crippen molar-refractivity contribution in [3.05, 3.63) is 16.7 Å². The normalized spacial score (nSPS) is 20.6. The van der Waals surface area contributed by atoms with Gasteiger partial charge in [0.2, 0.25) is 5.88 Å². The number of hydrogen-bond donors (Lipinski definition) is 1. The predicted octanol–water partition coefficient (Wildman–Crippen LogP) is 2.25. The molecule has 2 rings (SSSR count). The van der Waals surface area contributed by atoms with E-state index in [4.69, 9.17) is 4.74 Å². The Balaban J connectivity index is 1.80. The summed E-state index contributed by atoms with van der Waals surface area (Å²) in [6.07, 6.45) is 3.07. The van der Waals surface area contributed by atoms with E-state index >= 15 is 0 Å². The van der Waals surface area contributed by atoms with Crippen molar-refractivity contribution in [2.45, 2.75) is 25.4 Å². The maximum atomic E-state index is 13.3. The number of alkyl halides is 1. The predicted molar refractivity (Wildman–Crippen MR) is 85.2 cm³/mol. The van der Waals surface area contributed by atoms with Gasteiger partial charge in [-0.1, -0.05) is 0 Å². The highest BCUT2D eigenvalue weighted by Crippen LogP contribution is 2.25. The quantitative estimate of drug-likeness (QED) is 0.566. The first-order valence-corrected chi connectivity index (χ1v) is 8.92. The molecule has 0 aliphatic carbocycles. The number of ether oxygens (including phenoxy) is 1. The molecule has 0 saturated carbocycles. The van der Waals surface area contributed by atoms with Gasteiger partial charge in [0.15, 0.2) is 0 Å². The van der Waals surface area contributed by atoms with Gasteiger partial charge in [-0.05, 0) is 47.8 Å². The van der Waals surface area contributed by atoms with Crippen LogP contribution in [0, 0.1) is 0 Å². The highest BCUT2D eigenvalue weighted by Gasteiger charge is 2.18. The number of nitrogens with one attached hydrogen (secondary N) is 1. The van der Waals surface area contributed by atoms with Gasteiger partial charge in [-0.15, -0.1) is 0 Å². The summed E-state index contributed by atoms with van der Waals surface area (Å²) >= 11 is 0.784. The van der Waals surface area contributed by atoms with E-state index in [-0.39, 0.29) is 11.6 Å². The average molecular weight is 395 g/mol. The molecule has 1 aromatic heterocycles. The second-order valence-electron chi connectivity index (χ2n) is 5.09. The van der Waals surface area contributed by atoms with Crippen molar-refractivity contribution in [1.82, 2.24) is 9.88 Å². The third-order valence-corrected chi connectivity index (χ3v) is 4.14. The van der Waals surface area contributed by atoms with Crippen molar-refractivity contribution in [2.24, 2.45) is 0 Å². The Bertz CT molecular complexity index is 523. The lowest BCUT2D eigenvalue weighted by Crippen LogP contribution is -2.37. The summed E-state index contributed by atoms with van der Waals surface area (Å²) in [5.74, 6) is 0.231. The molecule has 2 unspecified atom stereocenters. The molecule has 1 fully saturated rings. The maximum absolute atomic E-state index is 13.3. The van der Waals surface area contributed by atoms with E-state index in [1.807, 2.05) is 0 Å². The Hall–Kier alpha value is -0.770. The molecule has 22 heavy (non-hydrogen) atoms. The van der Waals surface area contributed by atoms with Gasteiger partial charge < -0.3 is 18.9 Å². The van der Waals surface area contributed by atoms with Crippen LogP contribution in [0.1, 0.15) is 19.3 Å². The molecule has 2 atom stereocenters. The Morgan fingerprint density at radius 3 is 3.18 bits per heavy atom. The molecule has 0 spiro atoms. The van der Waals surface area contributed by atoms with Gasteiger partial charge in [0.05, 0.1) is 6.61 Å². The Labute approximate surface area is 140 Å². The van der Waals surface area contributed by atoms with Gasteiger partial charge >= 0.3 is 0 Å². The molecule has 6 nitrogen and oxygen atoms in total. The van der Waals surface area contributed by atoms with Gasteiger partial charge in [0.1, 0.15) is 11.9 Å². The van der Waals surface area contributed by atoms with Crippen LogP contribution in [0.4, 0.5) is 10.1 Å². The molecule has 1 N–H and O–H groups in total. The van der Waals surface area contributed by atoms with Gasteiger partial charge in [-0.3, -0.25) is 4.21 Å². The standard InChI is InChI=1S/C13H19BrFN3O3S/c14-10-7-12(17-22(19)20)13(16-8-10)21-6-2-5-18-4-1-3-11(15)9-18/h7-8,11,17H,1-6,9H2,(H,19,20)/p-1. The number of likely N-dealkylation sites (tertiary alicyclic amines) is 1. The summed E-state index contributed by atoms with van der Waals surface area (Å²) in [6, 6.07) is 1.58. The second kappa shape index (κ2) is 8.76. The van der Waals surface area contributed by atoms with Crippen molar-refractivity contribution >= 4 is 32.9 Å². The number of pyridine rings is 1. The third-order valence-electron chi connectivity index (χ3n) is 3.32. The zero-order valence-electron chi connectivity index (χ0n) is 12.0. The SMILES string of the molecule is O=S([O-])Nc1cc(Br)cnc1OCCCN1CCCC(F)C1. The van der Waals surface area contributed by atoms with E-state index in [9.17, 15) is 13.2 Å². The monoisotopic (exact) mass is 394 g/mol. The number of anilines is 1. The molecule has 0 amide bonds. The minimum Gasteiger partial charge on any atom is -0.755 e. The average Bonchev–Trinajstić information content (AvgIpc) is 2.45. The van der Waals surface area contributed by atoms with Crippen molar-refractivity contribution in [3.8, 4) is 5.88 Å². The topological polar surface area (TPSA) is 77.5 Å². The van der Waals surface area contributed by atoms with Crippen LogP contribution in [-0.2, 0) is 11.3 Å². The van der Waals surface area contributed by atoms with Crippen LogP contribution in [0.5, 0.6) is 5.88 Å². The van der Waals surface area contributed by atoms with E-state index in [0.717, 1.165) is 25.9 Å². The molecule has 1 aliphatic rings. The zero-order chi connectivity index (χ0) is 15.9. The van der Waals surface area contributed by atoms with Gasteiger partial charge in [-0.25, -0.2) is 9.37 Å². The molecule has 0 bridgehead atoms. The van der Waals surface area contributed by atoms with Gasteiger partial charge in [-0.2, -0.15) is 0 Å². The van der Waals surface area contributed by atoms with Gasteiger partial charge in [0, 0.05) is 35.0 Å². The summed E-state index contributed by atoms with van der Waals surface area (Å²) in [7, 11) is 0. The molecule has 9 heteroatoms. The third kappa shape index (κ3) is 5.79. The lowest BCUT2D eigenvalue weighted by Gasteiger charge is -2.28. The highest BCUT2D eigenvalue weighted by atomic mass is 79.9. The molecule has 2 heterocycles. The van der Waals surface area contributed by atoms with Crippen LogP contribution in [-0.4, -0.2) is 51.1 Å². The molecule has 1 saturated heterocycles. The minimum atomic E-state index is -2.44. The Morgan fingerprint density at radius 2 is 2.45 bits per heavy atom. The van der Waals surface area contributed by atoms with Gasteiger partial charge in [0.25, 0.3) is 0 Å². The fourth-order valence-corrected chi connectivity index (χ4v) is 3.02. The van der Waals surface area contributed by atoms with E-state index < -0.39 is 17.4 Å². The van der Waals surface area contributed by atoms with Crippen LogP contribution < -0.4 is 9.46 Å². The molecule has 1 aromatic rings. The van der Waals surface area contributed by atoms with Crippen LogP contribution in [0.15, 0.2) is 16.7 Å². The summed E-state index contributed by atoms with van der Waals surface area (Å²) in [5, 5.41) is 0. The summed E-state index contributed by atoms with van der Waals surface area (Å²) in [4.78, 5) is 6.13. The summed E-state index contributed by atoms with van der Waals surface area (Å²) in [5.41, 5.74) is 0.282. The molecule has 0 aromatic carbocycles. The van der Waals surface area contributed by atoms with Crippen LogP contribution in [0.2, 0.25) is 0 Å². The molecular weight excluding hydrogens is 377 g/mol. The molecule has 1 aliphatic heterocycles. The number of nitrogens with zero attached hydrogens (tertiary/aromatic N) is 2. The molecule has 0 radical (unpaired) electrons. The number of aromatic nitrogens is 1. The Kier molecular flexibility index (Phi) is 7.00. The van der Waals surface area contributed by atoms with E-state index in [1.54, 1.807) is 6.07 Å². The van der Waals surface area contributed by atoms with Crippen LogP contribution in [0.25, 0.3) is 0 Å². The van der Waals surface area contributed by atoms with Crippen molar-refractivity contribution < 1.29 is 17.9 Å². The van der Waals surface area contributed by atoms with E-state index in [1.165, 1.54) is 6.20 Å². The smallest absolute Gasteiger partial charge is 0.238 e. The number of piperidine rings is 1. The lowest BCUT2D eigenvalue weighted by molar-refractivity contribution is 0.131. The largest absolute Gasteiger partial charge is 0.755 e. The lowest BCUT2D eigenvalue weighted by atomic mass is 10.1. The second-order valence-corrected chi connectivity index (χ2v) is 6.67. The maximum Gasteiger partial charge on any atom is 0.238 e. The number of hydrogen-bond acceptors (Lipinski definition) is 5. The first-order chi connectivity index (χ1) is 10.5. The number of halogens is 2. The first-order valence-electron chi connectivity index (χ1n) is 7.05. The minimum absolute atomic E-state index is 0.231. The van der Waals surface area contributed by atoms with Crippen molar-refractivity contribution in [1.29, 1.82) is 0 Å².